The quantitative estimate of drug-likeness (QED) is 0.0211. The fourth-order valence-corrected chi connectivity index (χ4v) is 8.04. The number of nitrogens with two attached hydrogens (primary N) is 1. The van der Waals surface area contributed by atoms with E-state index in [9.17, 15) is 36.2 Å². The third-order valence-corrected chi connectivity index (χ3v) is 11.9. The van der Waals surface area contributed by atoms with E-state index in [1.807, 2.05) is 104 Å². The van der Waals surface area contributed by atoms with Crippen molar-refractivity contribution >= 4 is 106 Å². The second-order valence-electron chi connectivity index (χ2n) is 15.2. The Labute approximate surface area is 386 Å². The molecule has 0 atom stereocenters. The van der Waals surface area contributed by atoms with Crippen LogP contribution in [0.4, 0.5) is 73.9 Å². The van der Waals surface area contributed by atoms with Crippen LogP contribution in [0.3, 0.4) is 0 Å². The molecule has 0 radical (unpaired) electrons. The number of aromatic hydroxyl groups is 2. The minimum absolute atomic E-state index is 0.0247. The zero-order chi connectivity index (χ0) is 47.3. The second-order valence-corrected chi connectivity index (χ2v) is 18.0. The van der Waals surface area contributed by atoms with Crippen LogP contribution in [0.5, 0.6) is 11.5 Å². The molecule has 7 aromatic carbocycles. The first-order chi connectivity index (χ1) is 32.0. The van der Waals surface area contributed by atoms with Crippen LogP contribution in [0.25, 0.3) is 0 Å². The summed E-state index contributed by atoms with van der Waals surface area (Å²) in [6.45, 7) is 1.92. The Balaban J connectivity index is 0.830. The van der Waals surface area contributed by atoms with Crippen molar-refractivity contribution in [2.75, 3.05) is 32.3 Å². The predicted octanol–water partition coefficient (Wildman–Crippen LogP) is 11.2. The van der Waals surface area contributed by atoms with E-state index in [0.717, 1.165) is 63.2 Å². The monoisotopic (exact) mass is 934 g/mol. The van der Waals surface area contributed by atoms with Gasteiger partial charge in [0.1, 0.15) is 21.3 Å². The lowest BCUT2D eigenvalue weighted by atomic mass is 10.1. The SMILES string of the molecule is Cc1ccc(Nc2cc(O)c(Nc3ccc(Nc4ccc(N=C5C=CC(=Nc6ccc(Nc7ccc(Nc8cc(O)c(N)cc8S(=O)(=O)O)cc7)cc6)C=C5)cc4)cc3)cc2S(=O)(=O)O)cc1. The van der Waals surface area contributed by atoms with Gasteiger partial charge in [0.2, 0.25) is 0 Å². The maximum atomic E-state index is 12.3. The molecule has 0 spiro atoms. The average molecular weight is 935 g/mol. The molecule has 1 aliphatic rings. The Morgan fingerprint density at radius 1 is 0.418 bits per heavy atom. The first kappa shape index (κ1) is 45.2. The van der Waals surface area contributed by atoms with E-state index in [1.54, 1.807) is 48.5 Å². The molecule has 7 aromatic rings. The van der Waals surface area contributed by atoms with Crippen LogP contribution in [0.1, 0.15) is 5.56 Å². The summed E-state index contributed by atoms with van der Waals surface area (Å²) in [6.07, 6.45) is 7.53. The molecule has 67 heavy (non-hydrogen) atoms. The molecular formula is C49H42N8O8S2. The molecule has 0 heterocycles. The van der Waals surface area contributed by atoms with Crippen LogP contribution in [0, 0.1) is 6.92 Å². The van der Waals surface area contributed by atoms with Gasteiger partial charge in [-0.2, -0.15) is 16.8 Å². The zero-order valence-corrected chi connectivity index (χ0v) is 37.0. The second kappa shape index (κ2) is 19.0. The number of rotatable bonds is 14. The van der Waals surface area contributed by atoms with Crippen molar-refractivity contribution in [1.29, 1.82) is 0 Å². The van der Waals surface area contributed by atoms with Crippen LogP contribution >= 0.6 is 0 Å². The molecule has 0 fully saturated rings. The molecule has 11 N–H and O–H groups in total. The normalized spacial score (nSPS) is 12.3. The molecule has 1 aliphatic carbocycles. The topological polar surface area (TPSA) is 260 Å². The lowest BCUT2D eigenvalue weighted by Crippen LogP contribution is -2.05. The van der Waals surface area contributed by atoms with Crippen molar-refractivity contribution in [3.05, 3.63) is 175 Å². The van der Waals surface area contributed by atoms with Crippen molar-refractivity contribution in [1.82, 2.24) is 0 Å². The highest BCUT2D eigenvalue weighted by Gasteiger charge is 2.21. The highest BCUT2D eigenvalue weighted by atomic mass is 32.2. The maximum absolute atomic E-state index is 12.3. The van der Waals surface area contributed by atoms with Crippen LogP contribution < -0.4 is 32.3 Å². The van der Waals surface area contributed by atoms with Crippen LogP contribution in [0.2, 0.25) is 0 Å². The number of hydrogen-bond donors (Lipinski definition) is 10. The van der Waals surface area contributed by atoms with Crippen molar-refractivity contribution in [2.45, 2.75) is 16.7 Å². The molecule has 0 amide bonds. The Kier molecular flexibility index (Phi) is 12.8. The summed E-state index contributed by atoms with van der Waals surface area (Å²) >= 11 is 0. The molecule has 8 rings (SSSR count). The molecule has 0 unspecified atom stereocenters. The van der Waals surface area contributed by atoms with Gasteiger partial charge in [0.05, 0.1) is 45.5 Å². The summed E-state index contributed by atoms with van der Waals surface area (Å²) < 4.78 is 67.8. The number of nitrogens with one attached hydrogen (secondary N) is 5. The van der Waals surface area contributed by atoms with Crippen molar-refractivity contribution in [3.8, 4) is 11.5 Å². The van der Waals surface area contributed by atoms with Gasteiger partial charge in [-0.1, -0.05) is 17.7 Å². The molecule has 0 aliphatic heterocycles. The number of allylic oxidation sites excluding steroid dienone is 4. The fraction of sp³-hybridized carbons (Fsp3) is 0.0204. The Morgan fingerprint density at radius 2 is 0.731 bits per heavy atom. The maximum Gasteiger partial charge on any atom is 0.296 e. The zero-order valence-electron chi connectivity index (χ0n) is 35.4. The Morgan fingerprint density at radius 3 is 1.12 bits per heavy atom. The Hall–Kier alpha value is -8.42. The van der Waals surface area contributed by atoms with Gasteiger partial charge in [-0.25, -0.2) is 9.98 Å². The molecule has 18 heteroatoms. The summed E-state index contributed by atoms with van der Waals surface area (Å²) in [5.74, 6) is -0.551. The molecular weight excluding hydrogens is 893 g/mol. The van der Waals surface area contributed by atoms with Gasteiger partial charge < -0.3 is 42.5 Å². The highest BCUT2D eigenvalue weighted by Crippen LogP contribution is 2.38. The lowest BCUT2D eigenvalue weighted by Gasteiger charge is -2.15. The van der Waals surface area contributed by atoms with Crippen molar-refractivity contribution in [3.63, 3.8) is 0 Å². The van der Waals surface area contributed by atoms with Gasteiger partial charge in [-0.3, -0.25) is 9.11 Å². The van der Waals surface area contributed by atoms with E-state index in [0.29, 0.717) is 17.1 Å². The fourth-order valence-electron chi connectivity index (χ4n) is 6.72. The number of anilines is 11. The van der Waals surface area contributed by atoms with Gasteiger partial charge in [0.15, 0.2) is 0 Å². The first-order valence-corrected chi connectivity index (χ1v) is 23.2. The van der Waals surface area contributed by atoms with Gasteiger partial charge in [0, 0.05) is 51.9 Å². The van der Waals surface area contributed by atoms with E-state index in [-0.39, 0.29) is 34.2 Å². The first-order valence-electron chi connectivity index (χ1n) is 20.3. The molecule has 0 bridgehead atoms. The van der Waals surface area contributed by atoms with Crippen LogP contribution in [0.15, 0.2) is 190 Å². The number of nitrogens with zero attached hydrogens (tertiary/aromatic N) is 2. The Bertz CT molecular complexity index is 3310. The number of aryl methyl sites for hydroxylation is 1. The van der Waals surface area contributed by atoms with E-state index >= 15 is 0 Å². The van der Waals surface area contributed by atoms with E-state index < -0.39 is 30.0 Å². The summed E-state index contributed by atoms with van der Waals surface area (Å²) in [5, 5.41) is 36.2. The van der Waals surface area contributed by atoms with Crippen LogP contribution in [-0.2, 0) is 20.2 Å². The van der Waals surface area contributed by atoms with E-state index in [4.69, 9.17) is 15.7 Å². The number of benzene rings is 7. The van der Waals surface area contributed by atoms with Gasteiger partial charge >= 0.3 is 0 Å². The lowest BCUT2D eigenvalue weighted by molar-refractivity contribution is 0.473. The molecule has 338 valence electrons. The van der Waals surface area contributed by atoms with Crippen molar-refractivity contribution in [2.24, 2.45) is 9.98 Å². The predicted molar refractivity (Wildman–Crippen MR) is 266 cm³/mol. The number of aliphatic imine (C=N–C) groups is 2. The van der Waals surface area contributed by atoms with Crippen LogP contribution in [-0.4, -0.2) is 47.6 Å². The smallest absolute Gasteiger partial charge is 0.296 e. The minimum Gasteiger partial charge on any atom is -0.506 e. The molecule has 0 saturated carbocycles. The molecule has 16 nitrogen and oxygen atoms in total. The number of hydrogen-bond acceptors (Lipinski definition) is 14. The molecule has 0 saturated heterocycles. The third-order valence-electron chi connectivity index (χ3n) is 10.1. The van der Waals surface area contributed by atoms with Gasteiger partial charge in [0.25, 0.3) is 20.2 Å². The molecule has 0 aromatic heterocycles. The standard InChI is InChI=1S/C49H42N8O8S2/c1-30-2-4-39(5-3-30)56-45-28-47(59)43(29-49(45)67(63,64)65)55-40-22-18-37(19-23-40)53-35-14-10-33(11-15-35)51-31-6-8-32(9-7-31)52-34-12-16-36(17-13-34)54-38-20-24-41(25-21-38)57-44-27-46(58)42(50)26-48(44)66(60,61)62/h2-29,53-59H,50H2,1H3,(H,60,61,62)(H,63,64,65). The average Bonchev–Trinajstić information content (AvgIpc) is 3.29. The van der Waals surface area contributed by atoms with Gasteiger partial charge in [-0.15, -0.1) is 0 Å². The van der Waals surface area contributed by atoms with E-state index in [2.05, 4.69) is 26.6 Å². The summed E-state index contributed by atoms with van der Waals surface area (Å²) in [5.41, 5.74) is 14.4. The van der Waals surface area contributed by atoms with E-state index in [1.165, 1.54) is 12.1 Å². The summed E-state index contributed by atoms with van der Waals surface area (Å²) in [4.78, 5) is 8.59. The third kappa shape index (κ3) is 11.6. The number of phenols is 2. The largest absolute Gasteiger partial charge is 0.506 e. The number of nitrogen functional groups attached to an aromatic ring is 1. The highest BCUT2D eigenvalue weighted by molar-refractivity contribution is 7.86. The summed E-state index contributed by atoms with van der Waals surface area (Å²) in [7, 11) is -9.24. The minimum atomic E-state index is -4.64. The number of phenolic OH excluding ortho intramolecular Hbond substituents is 2. The van der Waals surface area contributed by atoms with Crippen molar-refractivity contribution < 1.29 is 36.2 Å². The summed E-state index contributed by atoms with van der Waals surface area (Å²) in [6, 6.07) is 41.0. The van der Waals surface area contributed by atoms with Gasteiger partial charge in [-0.05, 0) is 153 Å².